The fraction of sp³-hybridized carbons (Fsp3) is 0.118. The van der Waals surface area contributed by atoms with E-state index in [1.807, 2.05) is 31.2 Å². The highest BCUT2D eigenvalue weighted by molar-refractivity contribution is 5.96. The van der Waals surface area contributed by atoms with Gasteiger partial charge in [-0.3, -0.25) is 25.4 Å². The van der Waals surface area contributed by atoms with E-state index in [9.17, 15) is 9.59 Å². The first kappa shape index (κ1) is 16.2. The largest absolute Gasteiger partial charge is 0.343 e. The van der Waals surface area contributed by atoms with Gasteiger partial charge in [-0.1, -0.05) is 36.4 Å². The second kappa shape index (κ2) is 7.74. The second-order valence-corrected chi connectivity index (χ2v) is 4.94. The van der Waals surface area contributed by atoms with E-state index in [-0.39, 0.29) is 18.4 Å². The van der Waals surface area contributed by atoms with Gasteiger partial charge in [0.1, 0.15) is 0 Å². The number of pyridine rings is 1. The van der Waals surface area contributed by atoms with Crippen molar-refractivity contribution in [3.05, 3.63) is 72.1 Å². The van der Waals surface area contributed by atoms with Crippen LogP contribution in [0.25, 0.3) is 5.70 Å². The molecule has 118 valence electrons. The lowest BCUT2D eigenvalue weighted by molar-refractivity contribution is -0.120. The van der Waals surface area contributed by atoms with E-state index >= 15 is 0 Å². The van der Waals surface area contributed by atoms with Gasteiger partial charge in [-0.05, 0) is 24.6 Å². The summed E-state index contributed by atoms with van der Waals surface area (Å²) < 4.78 is 0. The molecule has 0 bridgehead atoms. The molecule has 1 heterocycles. The zero-order chi connectivity index (χ0) is 16.7. The van der Waals surface area contributed by atoms with E-state index in [0.717, 1.165) is 11.1 Å². The number of benzene rings is 1. The van der Waals surface area contributed by atoms with E-state index in [4.69, 9.17) is 0 Å². The van der Waals surface area contributed by atoms with Crippen molar-refractivity contribution in [1.82, 2.24) is 21.2 Å². The number of carbonyl (C=O) groups excluding carboxylic acids is 2. The summed E-state index contributed by atoms with van der Waals surface area (Å²) in [4.78, 5) is 27.3. The molecule has 0 saturated carbocycles. The summed E-state index contributed by atoms with van der Waals surface area (Å²) >= 11 is 0. The van der Waals surface area contributed by atoms with Crippen LogP contribution in [-0.4, -0.2) is 23.3 Å². The monoisotopic (exact) mass is 310 g/mol. The maximum Gasteiger partial charge on any atom is 0.257 e. The van der Waals surface area contributed by atoms with Gasteiger partial charge in [-0.25, -0.2) is 0 Å². The zero-order valence-electron chi connectivity index (χ0n) is 12.8. The Morgan fingerprint density at radius 2 is 1.65 bits per heavy atom. The summed E-state index contributed by atoms with van der Waals surface area (Å²) in [5, 5.41) is 2.52. The minimum Gasteiger partial charge on any atom is -0.343 e. The molecule has 0 aliphatic carbocycles. The van der Waals surface area contributed by atoms with E-state index < -0.39 is 0 Å². The molecule has 0 spiro atoms. The van der Waals surface area contributed by atoms with Crippen molar-refractivity contribution in [2.45, 2.75) is 6.92 Å². The molecule has 0 atom stereocenters. The van der Waals surface area contributed by atoms with E-state index in [1.165, 1.54) is 12.4 Å². The molecule has 1 aromatic heterocycles. The third-order valence-electron chi connectivity index (χ3n) is 3.10. The number of carbonyl (C=O) groups is 2. The second-order valence-electron chi connectivity index (χ2n) is 4.94. The number of hydrogen-bond acceptors (Lipinski definition) is 4. The molecule has 6 nitrogen and oxygen atoms in total. The van der Waals surface area contributed by atoms with Crippen LogP contribution in [0.5, 0.6) is 0 Å². The molecule has 0 saturated heterocycles. The van der Waals surface area contributed by atoms with Crippen LogP contribution in [-0.2, 0) is 4.79 Å². The molecular formula is C17H18N4O2. The third kappa shape index (κ3) is 4.96. The first-order valence-corrected chi connectivity index (χ1v) is 7.05. The minimum absolute atomic E-state index is 0.144. The van der Waals surface area contributed by atoms with Crippen molar-refractivity contribution in [2.75, 3.05) is 6.54 Å². The lowest BCUT2D eigenvalue weighted by Gasteiger charge is -2.12. The Labute approximate surface area is 134 Å². The smallest absolute Gasteiger partial charge is 0.257 e. The molecule has 3 N–H and O–H groups in total. The number of hydrogen-bond donors (Lipinski definition) is 3. The predicted molar refractivity (Wildman–Crippen MR) is 88.1 cm³/mol. The van der Waals surface area contributed by atoms with Gasteiger partial charge in [0, 0.05) is 18.0 Å². The Hall–Kier alpha value is -3.15. The zero-order valence-corrected chi connectivity index (χ0v) is 12.8. The number of aryl methyl sites for hydroxylation is 1. The first-order valence-electron chi connectivity index (χ1n) is 7.05. The quantitative estimate of drug-likeness (QED) is 0.705. The van der Waals surface area contributed by atoms with Crippen LogP contribution in [0.3, 0.4) is 0 Å². The maximum absolute atomic E-state index is 11.8. The number of nitrogens with one attached hydrogen (secondary N) is 3. The summed E-state index contributed by atoms with van der Waals surface area (Å²) in [7, 11) is 0. The normalized spacial score (nSPS) is 9.78. The standard InChI is InChI=1S/C17H18N4O2/c1-12-3-5-14(6-4-12)13(2)20-21-16(22)11-19-17(23)15-7-9-18-10-8-15/h3-10,20H,2,11H2,1H3,(H,19,23)(H,21,22). The van der Waals surface area contributed by atoms with Crippen LogP contribution in [0.2, 0.25) is 0 Å². The van der Waals surface area contributed by atoms with Crippen LogP contribution in [0.1, 0.15) is 21.5 Å². The van der Waals surface area contributed by atoms with Crippen LogP contribution in [0.15, 0.2) is 55.4 Å². The Morgan fingerprint density at radius 3 is 2.30 bits per heavy atom. The summed E-state index contributed by atoms with van der Waals surface area (Å²) in [6.45, 7) is 5.70. The van der Waals surface area contributed by atoms with Crippen LogP contribution >= 0.6 is 0 Å². The van der Waals surface area contributed by atoms with Crippen LogP contribution in [0, 0.1) is 6.92 Å². The number of amides is 2. The van der Waals surface area contributed by atoms with E-state index in [1.54, 1.807) is 12.1 Å². The van der Waals surface area contributed by atoms with Crippen LogP contribution < -0.4 is 16.2 Å². The van der Waals surface area contributed by atoms with Crippen LogP contribution in [0.4, 0.5) is 0 Å². The lowest BCUT2D eigenvalue weighted by atomic mass is 10.1. The average molecular weight is 310 g/mol. The average Bonchev–Trinajstić information content (AvgIpc) is 2.59. The summed E-state index contributed by atoms with van der Waals surface area (Å²) in [5.41, 5.74) is 8.25. The molecule has 0 aliphatic rings. The minimum atomic E-state index is -0.374. The van der Waals surface area contributed by atoms with E-state index in [2.05, 4.69) is 27.7 Å². The molecule has 2 aromatic rings. The summed E-state index contributed by atoms with van der Waals surface area (Å²) in [6, 6.07) is 10.9. The fourth-order valence-corrected chi connectivity index (χ4v) is 1.78. The van der Waals surface area contributed by atoms with Gasteiger partial charge in [-0.15, -0.1) is 0 Å². The highest BCUT2D eigenvalue weighted by Crippen LogP contribution is 2.09. The number of nitrogens with zero attached hydrogens (tertiary/aromatic N) is 1. The highest BCUT2D eigenvalue weighted by atomic mass is 16.2. The Morgan fingerprint density at radius 1 is 1.00 bits per heavy atom. The molecule has 23 heavy (non-hydrogen) atoms. The number of aromatic nitrogens is 1. The molecule has 2 rings (SSSR count). The van der Waals surface area contributed by atoms with E-state index in [0.29, 0.717) is 11.3 Å². The molecule has 6 heteroatoms. The van der Waals surface area contributed by atoms with Crippen molar-refractivity contribution in [1.29, 1.82) is 0 Å². The lowest BCUT2D eigenvalue weighted by Crippen LogP contribution is -2.42. The molecule has 2 amide bonds. The summed E-state index contributed by atoms with van der Waals surface area (Å²) in [6.07, 6.45) is 3.03. The molecule has 0 unspecified atom stereocenters. The van der Waals surface area contributed by atoms with Gasteiger partial charge < -0.3 is 5.32 Å². The maximum atomic E-state index is 11.8. The predicted octanol–water partition coefficient (Wildman–Crippen LogP) is 1.41. The SMILES string of the molecule is C=C(NNC(=O)CNC(=O)c1ccncc1)c1ccc(C)cc1. The molecule has 0 fully saturated rings. The van der Waals surface area contributed by atoms with Crippen molar-refractivity contribution < 1.29 is 9.59 Å². The van der Waals surface area contributed by atoms with Gasteiger partial charge in [0.15, 0.2) is 0 Å². The molecular weight excluding hydrogens is 292 g/mol. The molecule has 0 radical (unpaired) electrons. The highest BCUT2D eigenvalue weighted by Gasteiger charge is 2.07. The Bertz CT molecular complexity index is 696. The summed E-state index contributed by atoms with van der Waals surface area (Å²) in [5.74, 6) is -0.708. The van der Waals surface area contributed by atoms with Gasteiger partial charge >= 0.3 is 0 Å². The topological polar surface area (TPSA) is 83.1 Å². The number of hydrazine groups is 1. The Balaban J connectivity index is 1.76. The fourth-order valence-electron chi connectivity index (χ4n) is 1.78. The third-order valence-corrected chi connectivity index (χ3v) is 3.10. The molecule has 0 aliphatic heterocycles. The van der Waals surface area contributed by atoms with Crippen molar-refractivity contribution in [3.63, 3.8) is 0 Å². The van der Waals surface area contributed by atoms with Gasteiger partial charge in [0.05, 0.1) is 12.2 Å². The van der Waals surface area contributed by atoms with Gasteiger partial charge in [0.25, 0.3) is 11.8 Å². The molecule has 1 aromatic carbocycles. The van der Waals surface area contributed by atoms with Crippen molar-refractivity contribution in [3.8, 4) is 0 Å². The Kier molecular flexibility index (Phi) is 5.46. The van der Waals surface area contributed by atoms with Crippen molar-refractivity contribution >= 4 is 17.5 Å². The van der Waals surface area contributed by atoms with Crippen molar-refractivity contribution in [2.24, 2.45) is 0 Å². The first-order chi connectivity index (χ1) is 11.1. The van der Waals surface area contributed by atoms with Gasteiger partial charge in [-0.2, -0.15) is 0 Å². The van der Waals surface area contributed by atoms with Gasteiger partial charge in [0.2, 0.25) is 0 Å². The number of rotatable bonds is 6.